The Labute approximate surface area is 102 Å². The van der Waals surface area contributed by atoms with Gasteiger partial charge in [0.15, 0.2) is 0 Å². The lowest BCUT2D eigenvalue weighted by Gasteiger charge is -2.48. The van der Waals surface area contributed by atoms with Crippen LogP contribution in [0.2, 0.25) is 0 Å². The number of hydrogen-bond acceptors (Lipinski definition) is 4. The minimum absolute atomic E-state index is 0.229. The Morgan fingerprint density at radius 3 is 2.50 bits per heavy atom. The summed E-state index contributed by atoms with van der Waals surface area (Å²) in [4.78, 5) is 5.43. The summed E-state index contributed by atoms with van der Waals surface area (Å²) < 4.78 is 0. The molecule has 0 aromatic carbocycles. The largest absolute Gasteiger partial charge is 0.244 e. The van der Waals surface area contributed by atoms with Crippen LogP contribution in [0.25, 0.3) is 20.9 Å². The monoisotopic (exact) mass is 288 g/mol. The summed E-state index contributed by atoms with van der Waals surface area (Å²) >= 11 is 3.45. The van der Waals surface area contributed by atoms with Gasteiger partial charge in [-0.1, -0.05) is 33.1 Å². The second kappa shape index (κ2) is 4.90. The van der Waals surface area contributed by atoms with E-state index in [1.54, 1.807) is 0 Å². The van der Waals surface area contributed by atoms with E-state index in [2.05, 4.69) is 36.0 Å². The maximum Gasteiger partial charge on any atom is 0.116 e. The summed E-state index contributed by atoms with van der Waals surface area (Å²) in [5.74, 6) is 0. The molecule has 0 bridgehead atoms. The molecule has 88 valence electrons. The Balaban J connectivity index is 3.10. The molecular weight excluding hydrogens is 276 g/mol. The zero-order chi connectivity index (χ0) is 12.3. The minimum Gasteiger partial charge on any atom is -0.244 e. The number of alkyl halides is 1. The van der Waals surface area contributed by atoms with Gasteiger partial charge in [-0.2, -0.15) is 0 Å². The van der Waals surface area contributed by atoms with E-state index in [9.17, 15) is 0 Å². The van der Waals surface area contributed by atoms with Crippen molar-refractivity contribution < 1.29 is 0 Å². The molecule has 8 nitrogen and oxygen atoms in total. The molecule has 0 unspecified atom stereocenters. The van der Waals surface area contributed by atoms with Crippen molar-refractivity contribution in [1.82, 2.24) is 10.0 Å². The molecule has 0 saturated carbocycles. The van der Waals surface area contributed by atoms with Crippen LogP contribution in [0.4, 0.5) is 0 Å². The van der Waals surface area contributed by atoms with E-state index >= 15 is 0 Å². The van der Waals surface area contributed by atoms with Crippen LogP contribution in [-0.4, -0.2) is 47.2 Å². The van der Waals surface area contributed by atoms with Gasteiger partial charge in [0.2, 0.25) is 0 Å². The van der Waals surface area contributed by atoms with Gasteiger partial charge in [-0.15, -0.1) is 0 Å². The van der Waals surface area contributed by atoms with Gasteiger partial charge in [0.25, 0.3) is 0 Å². The Morgan fingerprint density at radius 2 is 2.00 bits per heavy atom. The summed E-state index contributed by atoms with van der Waals surface area (Å²) in [5.41, 5.74) is 16.5. The highest BCUT2D eigenvalue weighted by Crippen LogP contribution is 2.34. The molecule has 0 N–H and O–H groups in total. The van der Waals surface area contributed by atoms with Crippen molar-refractivity contribution in [3.8, 4) is 0 Å². The molecule has 9 heteroatoms. The lowest BCUT2D eigenvalue weighted by atomic mass is 9.94. The lowest BCUT2D eigenvalue weighted by molar-refractivity contribution is -0.0656. The van der Waals surface area contributed by atoms with E-state index < -0.39 is 11.7 Å². The molecule has 3 atom stereocenters. The van der Waals surface area contributed by atoms with Crippen molar-refractivity contribution in [2.24, 2.45) is 10.2 Å². The first kappa shape index (κ1) is 13.1. The fourth-order valence-electron chi connectivity index (χ4n) is 1.75. The number of azide groups is 2. The second-order valence-electron chi connectivity index (χ2n) is 3.96. The zero-order valence-corrected chi connectivity index (χ0v) is 10.9. The first-order valence-electron chi connectivity index (χ1n) is 4.64. The number of rotatable bonds is 2. The average molecular weight is 289 g/mol. The van der Waals surface area contributed by atoms with Crippen LogP contribution >= 0.6 is 15.9 Å². The average Bonchev–Trinajstić information content (AvgIpc) is 2.22. The standard InChI is InChI=1S/C7H13BrN8/c1-7(12-14-10)4-15(2)16(3)6(5(7)8)11-13-9/h5-6H,4H2,1-3H3/t5-,6+,7-/m0/s1. The van der Waals surface area contributed by atoms with E-state index in [0.717, 1.165) is 0 Å². The van der Waals surface area contributed by atoms with E-state index in [1.807, 2.05) is 31.0 Å². The minimum atomic E-state index is -0.644. The van der Waals surface area contributed by atoms with Crippen molar-refractivity contribution in [2.45, 2.75) is 23.5 Å². The van der Waals surface area contributed by atoms with Crippen molar-refractivity contribution in [3.63, 3.8) is 0 Å². The molecule has 1 fully saturated rings. The van der Waals surface area contributed by atoms with Crippen LogP contribution in [0, 0.1) is 0 Å². The second-order valence-corrected chi connectivity index (χ2v) is 4.94. The first-order valence-corrected chi connectivity index (χ1v) is 5.56. The molecule has 1 aliphatic heterocycles. The smallest absolute Gasteiger partial charge is 0.116 e. The number of hydrazine groups is 1. The molecule has 0 aromatic heterocycles. The fourth-order valence-corrected chi connectivity index (χ4v) is 2.43. The Bertz CT molecular complexity index is 359. The highest BCUT2D eigenvalue weighted by Gasteiger charge is 2.45. The predicted octanol–water partition coefficient (Wildman–Crippen LogP) is 2.25. The number of hydrogen-bond donors (Lipinski definition) is 0. The van der Waals surface area contributed by atoms with Crippen LogP contribution in [0.3, 0.4) is 0 Å². The molecule has 1 saturated heterocycles. The summed E-state index contributed by atoms with van der Waals surface area (Å²) in [6.45, 7) is 2.39. The maximum absolute atomic E-state index is 8.57. The number of halogens is 1. The quantitative estimate of drug-likeness (QED) is 0.336. The summed E-state index contributed by atoms with van der Waals surface area (Å²) in [7, 11) is 3.67. The summed E-state index contributed by atoms with van der Waals surface area (Å²) in [5, 5.41) is 11.2. The van der Waals surface area contributed by atoms with Gasteiger partial charge in [0.05, 0.1) is 5.54 Å². The van der Waals surface area contributed by atoms with E-state index in [4.69, 9.17) is 11.1 Å². The molecule has 0 aromatic rings. The summed E-state index contributed by atoms with van der Waals surface area (Å²) in [6, 6.07) is 0. The third kappa shape index (κ3) is 2.23. The van der Waals surface area contributed by atoms with Crippen molar-refractivity contribution in [1.29, 1.82) is 0 Å². The van der Waals surface area contributed by atoms with Crippen LogP contribution in [0.5, 0.6) is 0 Å². The molecule has 0 aliphatic carbocycles. The van der Waals surface area contributed by atoms with Gasteiger partial charge in [0.1, 0.15) is 6.17 Å². The van der Waals surface area contributed by atoms with Crippen LogP contribution in [0.1, 0.15) is 6.92 Å². The van der Waals surface area contributed by atoms with Crippen molar-refractivity contribution in [3.05, 3.63) is 20.9 Å². The Kier molecular flexibility index (Phi) is 4.01. The van der Waals surface area contributed by atoms with Gasteiger partial charge in [-0.3, -0.25) is 0 Å². The molecule has 1 rings (SSSR count). The van der Waals surface area contributed by atoms with Crippen LogP contribution < -0.4 is 0 Å². The molecule has 1 aliphatic rings. The van der Waals surface area contributed by atoms with Gasteiger partial charge in [-0.25, -0.2) is 10.0 Å². The third-order valence-electron chi connectivity index (χ3n) is 2.77. The highest BCUT2D eigenvalue weighted by atomic mass is 79.9. The topological polar surface area (TPSA) is 104 Å². The predicted molar refractivity (Wildman–Crippen MR) is 63.6 cm³/mol. The van der Waals surface area contributed by atoms with E-state index in [0.29, 0.717) is 6.54 Å². The summed E-state index contributed by atoms with van der Waals surface area (Å²) in [6.07, 6.45) is -0.417. The number of likely N-dealkylation sites (N-methyl/N-ethyl adjacent to an activating group) is 1. The third-order valence-corrected chi connectivity index (χ3v) is 4.23. The van der Waals surface area contributed by atoms with Crippen LogP contribution in [-0.2, 0) is 0 Å². The Hall–Kier alpha value is -0.980. The van der Waals surface area contributed by atoms with E-state index in [1.165, 1.54) is 0 Å². The Morgan fingerprint density at radius 1 is 1.38 bits per heavy atom. The van der Waals surface area contributed by atoms with Gasteiger partial charge < -0.3 is 0 Å². The number of nitrogens with zero attached hydrogens (tertiary/aromatic N) is 8. The molecule has 0 radical (unpaired) electrons. The lowest BCUT2D eigenvalue weighted by Crippen LogP contribution is -2.63. The van der Waals surface area contributed by atoms with Gasteiger partial charge >= 0.3 is 0 Å². The fraction of sp³-hybridized carbons (Fsp3) is 1.00. The normalized spacial score (nSPS) is 36.2. The molecular formula is C7H13BrN8. The van der Waals surface area contributed by atoms with Gasteiger partial charge in [0, 0.05) is 35.3 Å². The molecule has 1 heterocycles. The highest BCUT2D eigenvalue weighted by molar-refractivity contribution is 9.09. The first-order chi connectivity index (χ1) is 7.46. The SMILES string of the molecule is CN1C[C@](C)(N=[N+]=[N-])[C@@H](Br)[C@H](N=[N+]=[N-])N1C. The molecule has 0 spiro atoms. The van der Waals surface area contributed by atoms with Crippen molar-refractivity contribution >= 4 is 15.9 Å². The molecule has 0 amide bonds. The van der Waals surface area contributed by atoms with Crippen molar-refractivity contribution in [2.75, 3.05) is 20.6 Å². The van der Waals surface area contributed by atoms with E-state index in [-0.39, 0.29) is 4.83 Å². The van der Waals surface area contributed by atoms with Crippen LogP contribution in [0.15, 0.2) is 10.2 Å². The maximum atomic E-state index is 8.57. The van der Waals surface area contributed by atoms with Gasteiger partial charge in [-0.05, 0) is 11.1 Å². The zero-order valence-electron chi connectivity index (χ0n) is 9.32. The molecule has 16 heavy (non-hydrogen) atoms.